The molecule has 23 heavy (non-hydrogen) atoms. The third kappa shape index (κ3) is 4.15. The average molecular weight is 330 g/mol. The minimum atomic E-state index is -4.42. The Bertz CT molecular complexity index is 629. The SMILES string of the molecule is CC1(C)OC(=O)C(=CNNc2ccc(C(F)(F)F)cc2)C(=O)O1. The molecule has 0 aliphatic carbocycles. The summed E-state index contributed by atoms with van der Waals surface area (Å²) >= 11 is 0. The zero-order valence-corrected chi connectivity index (χ0v) is 12.2. The smallest absolute Gasteiger partial charge is 0.416 e. The minimum absolute atomic E-state index is 0.299. The van der Waals surface area contributed by atoms with Gasteiger partial charge in [0.15, 0.2) is 5.57 Å². The van der Waals surface area contributed by atoms with E-state index in [4.69, 9.17) is 9.47 Å². The number of alkyl halides is 3. The molecule has 1 heterocycles. The van der Waals surface area contributed by atoms with Gasteiger partial charge in [-0.2, -0.15) is 13.2 Å². The number of nitrogens with one attached hydrogen (secondary N) is 2. The molecule has 0 spiro atoms. The molecule has 1 aliphatic heterocycles. The van der Waals surface area contributed by atoms with Gasteiger partial charge in [-0.1, -0.05) is 0 Å². The zero-order valence-electron chi connectivity index (χ0n) is 12.2. The van der Waals surface area contributed by atoms with Crippen molar-refractivity contribution in [2.45, 2.75) is 25.8 Å². The van der Waals surface area contributed by atoms with Crippen molar-refractivity contribution in [1.82, 2.24) is 5.43 Å². The van der Waals surface area contributed by atoms with E-state index < -0.39 is 29.5 Å². The molecule has 1 aliphatic rings. The lowest BCUT2D eigenvalue weighted by Gasteiger charge is -2.29. The van der Waals surface area contributed by atoms with Crippen LogP contribution in [0.5, 0.6) is 0 Å². The molecule has 0 unspecified atom stereocenters. The highest BCUT2D eigenvalue weighted by molar-refractivity contribution is 6.15. The van der Waals surface area contributed by atoms with E-state index in [-0.39, 0.29) is 5.57 Å². The highest BCUT2D eigenvalue weighted by Gasteiger charge is 2.39. The lowest BCUT2D eigenvalue weighted by molar-refractivity contribution is -0.222. The molecule has 1 saturated heterocycles. The summed E-state index contributed by atoms with van der Waals surface area (Å²) in [5.41, 5.74) is 4.08. The summed E-state index contributed by atoms with van der Waals surface area (Å²) in [5.74, 6) is -3.08. The summed E-state index contributed by atoms with van der Waals surface area (Å²) in [6.45, 7) is 2.82. The summed E-state index contributed by atoms with van der Waals surface area (Å²) in [4.78, 5) is 23.3. The van der Waals surface area contributed by atoms with Gasteiger partial charge in [0.25, 0.3) is 5.79 Å². The topological polar surface area (TPSA) is 76.7 Å². The lowest BCUT2D eigenvalue weighted by Crippen LogP contribution is -2.42. The van der Waals surface area contributed by atoms with Crippen LogP contribution in [-0.2, 0) is 25.2 Å². The number of anilines is 1. The number of esters is 2. The highest BCUT2D eigenvalue weighted by Crippen LogP contribution is 2.29. The zero-order chi connectivity index (χ0) is 17.3. The van der Waals surface area contributed by atoms with Crippen molar-refractivity contribution in [3.05, 3.63) is 41.6 Å². The van der Waals surface area contributed by atoms with Crippen molar-refractivity contribution >= 4 is 17.6 Å². The molecule has 1 fully saturated rings. The van der Waals surface area contributed by atoms with Crippen LogP contribution in [0.3, 0.4) is 0 Å². The molecule has 2 rings (SSSR count). The quantitative estimate of drug-likeness (QED) is 0.383. The van der Waals surface area contributed by atoms with Crippen molar-refractivity contribution in [1.29, 1.82) is 0 Å². The van der Waals surface area contributed by atoms with Crippen molar-refractivity contribution in [2.24, 2.45) is 0 Å². The average Bonchev–Trinajstić information content (AvgIpc) is 2.40. The number of carbonyl (C=O) groups is 2. The standard InChI is InChI=1S/C14H13F3N2O4/c1-13(2)22-11(20)10(12(21)23-13)7-18-19-9-5-3-8(4-6-9)14(15,16)17/h3-7,18-19H,1-2H3. The summed E-state index contributed by atoms with van der Waals surface area (Å²) < 4.78 is 47.0. The molecule has 0 atom stereocenters. The number of halogens is 3. The van der Waals surface area contributed by atoms with Gasteiger partial charge in [-0.25, -0.2) is 9.59 Å². The van der Waals surface area contributed by atoms with E-state index >= 15 is 0 Å². The first-order valence-corrected chi connectivity index (χ1v) is 6.44. The van der Waals surface area contributed by atoms with Crippen LogP contribution < -0.4 is 10.9 Å². The Kier molecular flexibility index (Phi) is 4.22. The van der Waals surface area contributed by atoms with Crippen LogP contribution in [0, 0.1) is 0 Å². The number of cyclic esters (lactones) is 2. The van der Waals surface area contributed by atoms with E-state index in [2.05, 4.69) is 10.9 Å². The lowest BCUT2D eigenvalue weighted by atomic mass is 10.2. The number of carbonyl (C=O) groups excluding carboxylic acids is 2. The number of hydrazine groups is 1. The first kappa shape index (κ1) is 16.7. The van der Waals surface area contributed by atoms with Gasteiger partial charge in [0, 0.05) is 20.0 Å². The minimum Gasteiger partial charge on any atom is -0.419 e. The van der Waals surface area contributed by atoms with E-state index in [1.807, 2.05) is 0 Å². The van der Waals surface area contributed by atoms with Crippen molar-refractivity contribution in [3.63, 3.8) is 0 Å². The number of benzene rings is 1. The van der Waals surface area contributed by atoms with Crippen molar-refractivity contribution in [2.75, 3.05) is 5.43 Å². The fourth-order valence-corrected chi connectivity index (χ4v) is 1.71. The summed E-state index contributed by atoms with van der Waals surface area (Å²) in [7, 11) is 0. The fourth-order valence-electron chi connectivity index (χ4n) is 1.71. The van der Waals surface area contributed by atoms with Gasteiger partial charge < -0.3 is 20.3 Å². The Morgan fingerprint density at radius 2 is 1.57 bits per heavy atom. The van der Waals surface area contributed by atoms with E-state index in [0.717, 1.165) is 18.3 Å². The highest BCUT2D eigenvalue weighted by atomic mass is 19.4. The molecular weight excluding hydrogens is 317 g/mol. The summed E-state index contributed by atoms with van der Waals surface area (Å²) in [6, 6.07) is 4.16. The molecule has 124 valence electrons. The number of ether oxygens (including phenoxy) is 2. The van der Waals surface area contributed by atoms with Gasteiger partial charge in [-0.15, -0.1) is 0 Å². The van der Waals surface area contributed by atoms with Gasteiger partial charge in [0.2, 0.25) is 0 Å². The predicted octanol–water partition coefficient (Wildman–Crippen LogP) is 2.34. The molecular formula is C14H13F3N2O4. The van der Waals surface area contributed by atoms with Crippen molar-refractivity contribution < 1.29 is 32.2 Å². The molecule has 0 bridgehead atoms. The molecule has 6 nitrogen and oxygen atoms in total. The third-order valence-electron chi connectivity index (χ3n) is 2.76. The van der Waals surface area contributed by atoms with Crippen molar-refractivity contribution in [3.8, 4) is 0 Å². The van der Waals surface area contributed by atoms with Crippen LogP contribution in [0.25, 0.3) is 0 Å². The number of rotatable bonds is 3. The molecule has 0 amide bonds. The molecule has 1 aromatic rings. The Hall–Kier alpha value is -2.71. The predicted molar refractivity (Wildman–Crippen MR) is 72.5 cm³/mol. The largest absolute Gasteiger partial charge is 0.419 e. The molecule has 2 N–H and O–H groups in total. The maximum Gasteiger partial charge on any atom is 0.416 e. The van der Waals surface area contributed by atoms with Gasteiger partial charge in [-0.05, 0) is 24.3 Å². The first-order valence-electron chi connectivity index (χ1n) is 6.44. The second-order valence-corrected chi connectivity index (χ2v) is 5.08. The summed E-state index contributed by atoms with van der Waals surface area (Å²) in [5, 5.41) is 0. The van der Waals surface area contributed by atoms with E-state index in [1.54, 1.807) is 0 Å². The molecule has 0 saturated carbocycles. The van der Waals surface area contributed by atoms with Crippen LogP contribution in [-0.4, -0.2) is 17.7 Å². The van der Waals surface area contributed by atoms with E-state index in [9.17, 15) is 22.8 Å². The Labute approximate surface area is 129 Å². The number of hydrogen-bond acceptors (Lipinski definition) is 6. The van der Waals surface area contributed by atoms with Gasteiger partial charge in [0.1, 0.15) is 0 Å². The summed E-state index contributed by atoms with van der Waals surface area (Å²) in [6.07, 6.45) is -3.41. The fraction of sp³-hybridized carbons (Fsp3) is 0.286. The van der Waals surface area contributed by atoms with Crippen LogP contribution in [0.1, 0.15) is 19.4 Å². The van der Waals surface area contributed by atoms with E-state index in [1.165, 1.54) is 26.0 Å². The normalized spacial score (nSPS) is 17.2. The second-order valence-electron chi connectivity index (χ2n) is 5.08. The molecule has 1 aromatic carbocycles. The van der Waals surface area contributed by atoms with Crippen LogP contribution in [0.4, 0.5) is 18.9 Å². The number of hydrogen-bond donors (Lipinski definition) is 2. The Morgan fingerprint density at radius 1 is 1.04 bits per heavy atom. The van der Waals surface area contributed by atoms with Gasteiger partial charge in [0.05, 0.1) is 11.3 Å². The first-order chi connectivity index (χ1) is 10.6. The molecule has 9 heteroatoms. The molecule has 0 aromatic heterocycles. The Balaban J connectivity index is 1.99. The Morgan fingerprint density at radius 3 is 2.04 bits per heavy atom. The van der Waals surface area contributed by atoms with Crippen LogP contribution in [0.2, 0.25) is 0 Å². The molecule has 0 radical (unpaired) electrons. The maximum atomic E-state index is 12.4. The van der Waals surface area contributed by atoms with E-state index in [0.29, 0.717) is 5.69 Å². The van der Waals surface area contributed by atoms with Gasteiger partial charge in [-0.3, -0.25) is 0 Å². The monoisotopic (exact) mass is 330 g/mol. The second kappa shape index (κ2) is 5.82. The van der Waals surface area contributed by atoms with Crippen LogP contribution >= 0.6 is 0 Å². The van der Waals surface area contributed by atoms with Crippen LogP contribution in [0.15, 0.2) is 36.0 Å². The van der Waals surface area contributed by atoms with Gasteiger partial charge >= 0.3 is 18.1 Å². The maximum absolute atomic E-state index is 12.4. The third-order valence-corrected chi connectivity index (χ3v) is 2.76.